The van der Waals surface area contributed by atoms with E-state index in [0.717, 1.165) is 32.5 Å². The van der Waals surface area contributed by atoms with Crippen LogP contribution in [0.5, 0.6) is 11.5 Å². The van der Waals surface area contributed by atoms with Crippen molar-refractivity contribution < 1.29 is 9.84 Å². The highest BCUT2D eigenvalue weighted by atomic mass is 32.2. The van der Waals surface area contributed by atoms with E-state index in [1.54, 1.807) is 18.2 Å². The number of nitrogen functional groups attached to an aromatic ring is 1. The number of anilines is 1. The fraction of sp³-hybridized carbons (Fsp3) is 0.158. The summed E-state index contributed by atoms with van der Waals surface area (Å²) in [4.78, 5) is 9.53. The van der Waals surface area contributed by atoms with Crippen LogP contribution in [0.3, 0.4) is 0 Å². The quantitative estimate of drug-likeness (QED) is 0.666. The highest BCUT2D eigenvalue weighted by molar-refractivity contribution is 7.99. The lowest BCUT2D eigenvalue weighted by Crippen LogP contribution is -1.99. The number of ether oxygens (including phenoxy) is 1. The van der Waals surface area contributed by atoms with Crippen molar-refractivity contribution in [2.45, 2.75) is 23.8 Å². The van der Waals surface area contributed by atoms with Gasteiger partial charge in [0, 0.05) is 10.5 Å². The van der Waals surface area contributed by atoms with E-state index in [0.29, 0.717) is 6.61 Å². The van der Waals surface area contributed by atoms with Gasteiger partial charge in [-0.25, -0.2) is 9.97 Å². The minimum absolute atomic E-state index is 0.216. The summed E-state index contributed by atoms with van der Waals surface area (Å²) in [6.45, 7) is 4.60. The molecule has 3 rings (SSSR count). The minimum atomic E-state index is 0.216. The zero-order valence-electron chi connectivity index (χ0n) is 14.1. The van der Waals surface area contributed by atoms with Gasteiger partial charge in [-0.15, -0.1) is 0 Å². The minimum Gasteiger partial charge on any atom is -0.508 e. The van der Waals surface area contributed by atoms with Crippen molar-refractivity contribution in [2.75, 3.05) is 12.3 Å². The molecule has 0 amide bonds. The van der Waals surface area contributed by atoms with Gasteiger partial charge in [0.2, 0.25) is 5.95 Å². The third-order valence-corrected chi connectivity index (χ3v) is 4.45. The van der Waals surface area contributed by atoms with Crippen LogP contribution in [0.15, 0.2) is 58.5 Å². The Balaban J connectivity index is 1.94. The number of hydrogen-bond donors (Lipinski definition) is 2. The molecule has 0 saturated heterocycles. The van der Waals surface area contributed by atoms with Crippen LogP contribution < -0.4 is 10.5 Å². The van der Waals surface area contributed by atoms with Crippen molar-refractivity contribution in [3.8, 4) is 22.8 Å². The number of nitrogens with zero attached hydrogens (tertiary/aromatic N) is 2. The predicted octanol–water partition coefficient (Wildman–Crippen LogP) is 4.29. The van der Waals surface area contributed by atoms with Gasteiger partial charge in [-0.2, -0.15) is 0 Å². The molecular formula is C19H19N3O2S. The summed E-state index contributed by atoms with van der Waals surface area (Å²) < 4.78 is 5.53. The molecule has 0 aliphatic heterocycles. The maximum absolute atomic E-state index is 9.60. The van der Waals surface area contributed by atoms with E-state index in [9.17, 15) is 5.11 Å². The van der Waals surface area contributed by atoms with Crippen LogP contribution in [0.25, 0.3) is 11.3 Å². The summed E-state index contributed by atoms with van der Waals surface area (Å²) >= 11 is 1.43. The molecule has 25 heavy (non-hydrogen) atoms. The number of phenolic OH excluding ortho intramolecular Hbond substituents is 1. The van der Waals surface area contributed by atoms with Crippen LogP contribution in [-0.4, -0.2) is 21.7 Å². The SMILES string of the molecule is CCOc1ccc(-c2cc(Sc3cccc(O)c3)nc(N)n2)c(C)c1. The molecular weight excluding hydrogens is 334 g/mol. The Bertz CT molecular complexity index is 900. The van der Waals surface area contributed by atoms with Gasteiger partial charge in [-0.3, -0.25) is 0 Å². The molecule has 0 saturated carbocycles. The van der Waals surface area contributed by atoms with Crippen LogP contribution in [-0.2, 0) is 0 Å². The van der Waals surface area contributed by atoms with Gasteiger partial charge in [-0.1, -0.05) is 17.8 Å². The Kier molecular flexibility index (Phi) is 5.09. The van der Waals surface area contributed by atoms with E-state index < -0.39 is 0 Å². The Morgan fingerprint density at radius 1 is 1.12 bits per heavy atom. The third-order valence-electron chi connectivity index (χ3n) is 3.54. The molecule has 6 heteroatoms. The molecule has 2 aromatic carbocycles. The summed E-state index contributed by atoms with van der Waals surface area (Å²) in [6, 6.07) is 14.8. The zero-order valence-corrected chi connectivity index (χ0v) is 14.9. The number of aryl methyl sites for hydroxylation is 1. The lowest BCUT2D eigenvalue weighted by atomic mass is 10.1. The van der Waals surface area contributed by atoms with Gasteiger partial charge < -0.3 is 15.6 Å². The van der Waals surface area contributed by atoms with Crippen LogP contribution in [0.2, 0.25) is 0 Å². The molecule has 1 aromatic heterocycles. The van der Waals surface area contributed by atoms with E-state index in [1.165, 1.54) is 11.8 Å². The first kappa shape index (κ1) is 17.1. The van der Waals surface area contributed by atoms with E-state index in [1.807, 2.05) is 44.2 Å². The number of benzene rings is 2. The summed E-state index contributed by atoms with van der Waals surface area (Å²) in [5, 5.41) is 10.3. The molecule has 128 valence electrons. The van der Waals surface area contributed by atoms with Gasteiger partial charge in [0.1, 0.15) is 16.5 Å². The molecule has 0 aliphatic carbocycles. The number of rotatable bonds is 5. The molecule has 0 fully saturated rings. The number of hydrogen-bond acceptors (Lipinski definition) is 6. The second-order valence-electron chi connectivity index (χ2n) is 5.46. The van der Waals surface area contributed by atoms with Gasteiger partial charge >= 0.3 is 0 Å². The largest absolute Gasteiger partial charge is 0.508 e. The molecule has 0 aliphatic rings. The standard InChI is InChI=1S/C19H19N3O2S/c1-3-24-14-7-8-16(12(2)9-14)17-11-18(22-19(20)21-17)25-15-6-4-5-13(23)10-15/h4-11,23H,3H2,1-2H3,(H2,20,21,22). The monoisotopic (exact) mass is 353 g/mol. The van der Waals surface area contributed by atoms with Crippen LogP contribution >= 0.6 is 11.8 Å². The zero-order chi connectivity index (χ0) is 17.8. The molecule has 0 unspecified atom stereocenters. The van der Waals surface area contributed by atoms with E-state index in [4.69, 9.17) is 10.5 Å². The molecule has 0 spiro atoms. The van der Waals surface area contributed by atoms with Crippen molar-refractivity contribution in [3.63, 3.8) is 0 Å². The summed E-state index contributed by atoms with van der Waals surface area (Å²) in [5.74, 6) is 1.27. The number of phenols is 1. The van der Waals surface area contributed by atoms with Crippen molar-refractivity contribution in [1.29, 1.82) is 0 Å². The Morgan fingerprint density at radius 2 is 1.96 bits per heavy atom. The van der Waals surface area contributed by atoms with Crippen LogP contribution in [0.1, 0.15) is 12.5 Å². The molecule has 0 bridgehead atoms. The average Bonchev–Trinajstić information content (AvgIpc) is 2.54. The lowest BCUT2D eigenvalue weighted by molar-refractivity contribution is 0.340. The summed E-state index contributed by atoms with van der Waals surface area (Å²) in [6.07, 6.45) is 0. The smallest absolute Gasteiger partial charge is 0.221 e. The Hall–Kier alpha value is -2.73. The molecule has 3 N–H and O–H groups in total. The van der Waals surface area contributed by atoms with Crippen molar-refractivity contribution in [2.24, 2.45) is 0 Å². The first-order valence-electron chi connectivity index (χ1n) is 7.90. The number of nitrogens with two attached hydrogens (primary N) is 1. The summed E-state index contributed by atoms with van der Waals surface area (Å²) in [7, 11) is 0. The van der Waals surface area contributed by atoms with Crippen molar-refractivity contribution >= 4 is 17.7 Å². The highest BCUT2D eigenvalue weighted by Gasteiger charge is 2.10. The van der Waals surface area contributed by atoms with Gasteiger partial charge in [0.15, 0.2) is 0 Å². The molecule has 0 radical (unpaired) electrons. The Morgan fingerprint density at radius 3 is 2.68 bits per heavy atom. The summed E-state index contributed by atoms with van der Waals surface area (Å²) in [5.41, 5.74) is 8.69. The number of aromatic hydroxyl groups is 1. The maximum Gasteiger partial charge on any atom is 0.221 e. The van der Waals surface area contributed by atoms with Gasteiger partial charge in [0.25, 0.3) is 0 Å². The second kappa shape index (κ2) is 7.44. The fourth-order valence-corrected chi connectivity index (χ4v) is 3.36. The average molecular weight is 353 g/mol. The lowest BCUT2D eigenvalue weighted by Gasteiger charge is -2.10. The normalized spacial score (nSPS) is 10.6. The first-order valence-corrected chi connectivity index (χ1v) is 8.72. The molecule has 0 atom stereocenters. The molecule has 1 heterocycles. The van der Waals surface area contributed by atoms with Crippen molar-refractivity contribution in [1.82, 2.24) is 9.97 Å². The fourth-order valence-electron chi connectivity index (χ4n) is 2.48. The van der Waals surface area contributed by atoms with E-state index >= 15 is 0 Å². The second-order valence-corrected chi connectivity index (χ2v) is 6.55. The van der Waals surface area contributed by atoms with E-state index in [2.05, 4.69) is 9.97 Å². The third kappa shape index (κ3) is 4.22. The van der Waals surface area contributed by atoms with Gasteiger partial charge in [-0.05, 0) is 61.9 Å². The van der Waals surface area contributed by atoms with E-state index in [-0.39, 0.29) is 11.7 Å². The molecule has 3 aromatic rings. The Labute approximate surface area is 150 Å². The predicted molar refractivity (Wildman–Crippen MR) is 100 cm³/mol. The molecule has 5 nitrogen and oxygen atoms in total. The highest BCUT2D eigenvalue weighted by Crippen LogP contribution is 2.32. The van der Waals surface area contributed by atoms with Crippen molar-refractivity contribution in [3.05, 3.63) is 54.1 Å². The number of aromatic nitrogens is 2. The topological polar surface area (TPSA) is 81.3 Å². The maximum atomic E-state index is 9.60. The van der Waals surface area contributed by atoms with Crippen LogP contribution in [0, 0.1) is 6.92 Å². The first-order chi connectivity index (χ1) is 12.0. The van der Waals surface area contributed by atoms with Crippen LogP contribution in [0.4, 0.5) is 5.95 Å². The van der Waals surface area contributed by atoms with Gasteiger partial charge in [0.05, 0.1) is 12.3 Å².